The number of benzene rings is 1. The first-order valence-corrected chi connectivity index (χ1v) is 24.8. The molecular formula is C50H91NO14S. The van der Waals surface area contributed by atoms with Crippen molar-refractivity contribution in [2.24, 2.45) is 71.0 Å². The first kappa shape index (κ1) is 66.3. The van der Waals surface area contributed by atoms with Gasteiger partial charge in [0.2, 0.25) is 6.79 Å². The molecule has 0 spiro atoms. The topological polar surface area (TPSA) is 185 Å². The van der Waals surface area contributed by atoms with Gasteiger partial charge < -0.3 is 33.2 Å². The Morgan fingerprint density at radius 3 is 1.38 bits per heavy atom. The van der Waals surface area contributed by atoms with Crippen molar-refractivity contribution in [1.82, 2.24) is 0 Å². The third-order valence-corrected chi connectivity index (χ3v) is 11.9. The molecule has 0 saturated heterocycles. The van der Waals surface area contributed by atoms with Gasteiger partial charge in [-0.05, 0) is 129 Å². The minimum absolute atomic E-state index is 0.0935. The van der Waals surface area contributed by atoms with E-state index in [-0.39, 0.29) is 11.4 Å². The van der Waals surface area contributed by atoms with E-state index in [4.69, 9.17) is 28.4 Å². The van der Waals surface area contributed by atoms with E-state index in [1.165, 1.54) is 11.8 Å². The van der Waals surface area contributed by atoms with Gasteiger partial charge in [0.05, 0.1) is 26.4 Å². The Kier molecular flexibility index (Phi) is 38.3. The quantitative estimate of drug-likeness (QED) is 0.0252. The van der Waals surface area contributed by atoms with E-state index < -0.39 is 30.3 Å². The highest BCUT2D eigenvalue weighted by Gasteiger charge is 2.27. The Hall–Kier alpha value is -3.95. The molecule has 0 N–H and O–H groups in total. The van der Waals surface area contributed by atoms with E-state index in [9.17, 15) is 29.3 Å². The highest BCUT2D eigenvalue weighted by Crippen LogP contribution is 2.28. The normalized spacial score (nSPS) is 11.6. The molecule has 0 aromatic heterocycles. The van der Waals surface area contributed by atoms with Crippen LogP contribution in [0.5, 0.6) is 5.75 Å². The summed E-state index contributed by atoms with van der Waals surface area (Å²) in [5.74, 6) is 7.56. The molecule has 0 fully saturated rings. The van der Waals surface area contributed by atoms with Gasteiger partial charge in [-0.2, -0.15) is 0 Å². The van der Waals surface area contributed by atoms with Crippen LogP contribution in [0.2, 0.25) is 0 Å². The fraction of sp³-hybridized carbons (Fsp3) is 0.800. The number of carbonyl (C=O) groups excluding carboxylic acids is 4. The van der Waals surface area contributed by atoms with E-state index in [1.807, 2.05) is 26.0 Å². The number of carbonyl (C=O) groups is 4. The van der Waals surface area contributed by atoms with Crippen LogP contribution in [0.25, 0.3) is 0 Å². The van der Waals surface area contributed by atoms with Crippen LogP contribution in [0.4, 0.5) is 19.2 Å². The second kappa shape index (κ2) is 38.1. The molecule has 0 radical (unpaired) electrons. The van der Waals surface area contributed by atoms with Crippen molar-refractivity contribution < 1.29 is 62.3 Å². The lowest BCUT2D eigenvalue weighted by molar-refractivity contribution is -0.765. The smallest absolute Gasteiger partial charge is 0.458 e. The molecule has 1 aromatic rings. The fourth-order valence-corrected chi connectivity index (χ4v) is 8.94. The van der Waals surface area contributed by atoms with Gasteiger partial charge in [0.1, 0.15) is 11.9 Å². The summed E-state index contributed by atoms with van der Waals surface area (Å²) in [7, 11) is 0. The van der Waals surface area contributed by atoms with Crippen molar-refractivity contribution >= 4 is 35.5 Å². The van der Waals surface area contributed by atoms with Crippen LogP contribution in [0.3, 0.4) is 0 Å². The second-order valence-electron chi connectivity index (χ2n) is 18.8. The molecule has 0 saturated carbocycles. The van der Waals surface area contributed by atoms with Gasteiger partial charge in [-0.15, -0.1) is 10.1 Å². The van der Waals surface area contributed by atoms with Crippen LogP contribution in [-0.4, -0.2) is 73.9 Å². The zero-order valence-electron chi connectivity index (χ0n) is 44.3. The lowest BCUT2D eigenvalue weighted by Gasteiger charge is -2.30. The monoisotopic (exact) mass is 962 g/mol. The van der Waals surface area contributed by atoms with Crippen LogP contribution in [0.15, 0.2) is 24.3 Å². The van der Waals surface area contributed by atoms with E-state index >= 15 is 0 Å². The van der Waals surface area contributed by atoms with E-state index in [0.717, 1.165) is 17.7 Å². The molecule has 0 heterocycles. The highest BCUT2D eigenvalue weighted by molar-refractivity contribution is 8.13. The third kappa shape index (κ3) is 33.5. The highest BCUT2D eigenvalue weighted by atomic mass is 32.2. The first-order valence-electron chi connectivity index (χ1n) is 23.8. The van der Waals surface area contributed by atoms with Crippen LogP contribution < -0.4 is 4.74 Å². The van der Waals surface area contributed by atoms with Crippen molar-refractivity contribution in [2.45, 2.75) is 151 Å². The Morgan fingerprint density at radius 2 is 0.985 bits per heavy atom. The third-order valence-electron chi connectivity index (χ3n) is 11.0. The maximum atomic E-state index is 11.3. The lowest BCUT2D eigenvalue weighted by Crippen LogP contribution is -2.31. The summed E-state index contributed by atoms with van der Waals surface area (Å²) in [6.45, 7) is 43.0. The molecular weight excluding hydrogens is 871 g/mol. The lowest BCUT2D eigenvalue weighted by atomic mass is 9.81. The maximum Gasteiger partial charge on any atom is 0.515 e. The van der Waals surface area contributed by atoms with Gasteiger partial charge in [0, 0.05) is 11.7 Å². The minimum Gasteiger partial charge on any atom is -0.458 e. The predicted octanol–water partition coefficient (Wildman–Crippen LogP) is 14.2. The SMILES string of the molecule is CC(C)C(Cc1ccc(OC(=O)OCO[N+](=O)[O-])cc1)C(C)C.CCOC(=O)OC(C)C(C(C)C)C(C)C.CCOC(=O)OCC(C(C)C)C(C)C.CCOC(=O)SCC(C(C)C)C(C)C. The van der Waals surface area contributed by atoms with Gasteiger partial charge in [0.25, 0.3) is 5.09 Å². The summed E-state index contributed by atoms with van der Waals surface area (Å²) < 4.78 is 33.8. The molecule has 0 aliphatic heterocycles. The van der Waals surface area contributed by atoms with Gasteiger partial charge in [-0.25, -0.2) is 19.2 Å². The Bertz CT molecular complexity index is 1360. The first-order chi connectivity index (χ1) is 30.7. The average Bonchev–Trinajstić information content (AvgIpc) is 3.17. The second-order valence-corrected chi connectivity index (χ2v) is 19.8. The van der Waals surface area contributed by atoms with Crippen molar-refractivity contribution in [1.29, 1.82) is 0 Å². The summed E-state index contributed by atoms with van der Waals surface area (Å²) in [6, 6.07) is 7.13. The summed E-state index contributed by atoms with van der Waals surface area (Å²) in [6.07, 6.45) is -1.31. The number of hydrogen-bond acceptors (Lipinski definition) is 15. The van der Waals surface area contributed by atoms with E-state index in [2.05, 4.69) is 120 Å². The number of ether oxygens (including phenoxy) is 7. The Balaban J connectivity index is -0.000000825. The van der Waals surface area contributed by atoms with Crippen molar-refractivity contribution in [3.63, 3.8) is 0 Å². The van der Waals surface area contributed by atoms with Gasteiger partial charge in [-0.3, -0.25) is 4.84 Å². The van der Waals surface area contributed by atoms with E-state index in [1.54, 1.807) is 26.0 Å². The zero-order chi connectivity index (χ0) is 51.7. The predicted molar refractivity (Wildman–Crippen MR) is 263 cm³/mol. The number of thioether (sulfide) groups is 1. The molecule has 0 aliphatic carbocycles. The molecule has 66 heavy (non-hydrogen) atoms. The standard InChI is InChI=1S/C16H23NO6.C12H24O3.C11H22O3.C11H22O2S/c1-11(2)15(12(3)4)9-13-5-7-14(8-6-13)23-16(18)21-10-22-17(19)20;1-7-14-12(13)15-10(6)11(8(2)3)9(4)5;2*1-6-13-11(12)14-7-10(8(2)3)9(4)5/h5-8,11-12,15H,9-10H2,1-4H3;8-11H,7H2,1-6H3;2*8-10H,6-7H2,1-5H3. The molecule has 1 atom stereocenters. The van der Waals surface area contributed by atoms with Crippen LogP contribution >= 0.6 is 11.8 Å². The number of rotatable bonds is 23. The molecule has 1 unspecified atom stereocenters. The summed E-state index contributed by atoms with van der Waals surface area (Å²) >= 11 is 1.30. The molecule has 1 aromatic carbocycles. The van der Waals surface area contributed by atoms with Gasteiger partial charge >= 0.3 is 23.8 Å². The summed E-state index contributed by atoms with van der Waals surface area (Å²) in [4.78, 5) is 58.3. The summed E-state index contributed by atoms with van der Waals surface area (Å²) in [5, 5.41) is 8.72. The average molecular weight is 962 g/mol. The Labute approximate surface area is 403 Å². The molecule has 0 amide bonds. The molecule has 15 nitrogen and oxygen atoms in total. The van der Waals surface area contributed by atoms with Crippen LogP contribution in [-0.2, 0) is 39.7 Å². The van der Waals surface area contributed by atoms with Crippen molar-refractivity contribution in [3.8, 4) is 5.75 Å². The summed E-state index contributed by atoms with van der Waals surface area (Å²) in [5.41, 5.74) is 1.16. The van der Waals surface area contributed by atoms with Crippen LogP contribution in [0, 0.1) is 81.1 Å². The van der Waals surface area contributed by atoms with Crippen molar-refractivity contribution in [2.75, 3.05) is 39.0 Å². The van der Waals surface area contributed by atoms with Crippen LogP contribution in [0.1, 0.15) is 144 Å². The molecule has 386 valence electrons. The zero-order valence-corrected chi connectivity index (χ0v) is 45.2. The molecule has 16 heteroatoms. The largest absolute Gasteiger partial charge is 0.515 e. The van der Waals surface area contributed by atoms with Gasteiger partial charge in [-0.1, -0.05) is 123 Å². The maximum absolute atomic E-state index is 11.3. The molecule has 1 rings (SSSR count). The van der Waals surface area contributed by atoms with Crippen molar-refractivity contribution in [3.05, 3.63) is 39.9 Å². The number of hydrogen-bond donors (Lipinski definition) is 0. The molecule has 0 aliphatic rings. The fourth-order valence-electron chi connectivity index (χ4n) is 7.64. The number of nitrogens with zero attached hydrogens (tertiary/aromatic N) is 1. The van der Waals surface area contributed by atoms with Gasteiger partial charge in [0.15, 0.2) is 0 Å². The minimum atomic E-state index is -1.05. The Morgan fingerprint density at radius 1 is 0.545 bits per heavy atom. The van der Waals surface area contributed by atoms with E-state index in [0.29, 0.717) is 103 Å². The molecule has 0 bridgehead atoms.